The van der Waals surface area contributed by atoms with Crippen molar-refractivity contribution >= 4 is 0 Å². The molecule has 0 bridgehead atoms. The molecule has 0 fully saturated rings. The topological polar surface area (TPSA) is 16.8 Å². The zero-order valence-electron chi connectivity index (χ0n) is 14.4. The van der Waals surface area contributed by atoms with E-state index in [0.29, 0.717) is 0 Å². The van der Waals surface area contributed by atoms with Gasteiger partial charge in [-0.15, -0.1) is 0 Å². The minimum absolute atomic E-state index is 0.212. The SMILES string of the molecule is CCC1(CC)C[n+]2ccnc(-c3ccccc3)c2-c2ccccc21. The van der Waals surface area contributed by atoms with Crippen molar-refractivity contribution in [1.82, 2.24) is 4.98 Å². The zero-order valence-corrected chi connectivity index (χ0v) is 14.4. The summed E-state index contributed by atoms with van der Waals surface area (Å²) in [6.07, 6.45) is 6.37. The van der Waals surface area contributed by atoms with Crippen LogP contribution in [0.2, 0.25) is 0 Å². The molecule has 0 spiro atoms. The van der Waals surface area contributed by atoms with Gasteiger partial charge in [0.2, 0.25) is 5.69 Å². The molecule has 0 radical (unpaired) electrons. The summed E-state index contributed by atoms with van der Waals surface area (Å²) in [5.41, 5.74) is 6.52. The van der Waals surface area contributed by atoms with Crippen LogP contribution >= 0.6 is 0 Å². The molecule has 3 aromatic rings. The summed E-state index contributed by atoms with van der Waals surface area (Å²) in [7, 11) is 0. The van der Waals surface area contributed by atoms with Crippen LogP contribution < -0.4 is 4.57 Å². The highest BCUT2D eigenvalue weighted by Gasteiger charge is 2.42. The first-order valence-electron chi connectivity index (χ1n) is 8.83. The standard InChI is InChI=1S/C22H23N2/c1-3-22(4-2)16-24-15-14-23-20(17-10-6-5-7-11-17)21(24)18-12-8-9-13-19(18)22/h5-15H,3-4,16H2,1-2H3/q+1. The number of rotatable bonds is 3. The Morgan fingerprint density at radius 1 is 0.958 bits per heavy atom. The predicted octanol–water partition coefficient (Wildman–Crippen LogP) is 4.77. The number of benzene rings is 2. The number of nitrogens with zero attached hydrogens (tertiary/aromatic N) is 2. The fourth-order valence-electron chi connectivity index (χ4n) is 4.10. The molecule has 2 nitrogen and oxygen atoms in total. The second kappa shape index (κ2) is 5.86. The molecule has 1 aliphatic heterocycles. The lowest BCUT2D eigenvalue weighted by molar-refractivity contribution is -0.697. The Kier molecular flexibility index (Phi) is 3.68. The Hall–Kier alpha value is -2.48. The highest BCUT2D eigenvalue weighted by Crippen LogP contribution is 2.43. The molecule has 0 atom stereocenters. The third kappa shape index (κ3) is 2.17. The van der Waals surface area contributed by atoms with Crippen molar-refractivity contribution in [3.8, 4) is 22.5 Å². The Labute approximate surface area is 143 Å². The molecule has 24 heavy (non-hydrogen) atoms. The summed E-state index contributed by atoms with van der Waals surface area (Å²) < 4.78 is 2.41. The van der Waals surface area contributed by atoms with E-state index in [2.05, 4.69) is 79.2 Å². The summed E-state index contributed by atoms with van der Waals surface area (Å²) in [4.78, 5) is 4.74. The largest absolute Gasteiger partial charge is 0.243 e. The summed E-state index contributed by atoms with van der Waals surface area (Å²) >= 11 is 0. The normalized spacial score (nSPS) is 14.8. The lowest BCUT2D eigenvalue weighted by Crippen LogP contribution is -2.51. The van der Waals surface area contributed by atoms with E-state index in [-0.39, 0.29) is 5.41 Å². The molecule has 0 saturated carbocycles. The van der Waals surface area contributed by atoms with Gasteiger partial charge in [-0.25, -0.2) is 4.98 Å². The molecular formula is C22H23N2+. The Morgan fingerprint density at radius 2 is 1.67 bits per heavy atom. The van der Waals surface area contributed by atoms with Crippen LogP contribution in [-0.4, -0.2) is 4.98 Å². The first-order chi connectivity index (χ1) is 11.8. The third-order valence-electron chi connectivity index (χ3n) is 5.59. The Balaban J connectivity index is 2.01. The van der Waals surface area contributed by atoms with Crippen LogP contribution in [-0.2, 0) is 12.0 Å². The monoisotopic (exact) mass is 315 g/mol. The van der Waals surface area contributed by atoms with E-state index >= 15 is 0 Å². The van der Waals surface area contributed by atoms with E-state index in [0.717, 1.165) is 25.1 Å². The van der Waals surface area contributed by atoms with E-state index in [9.17, 15) is 0 Å². The average molecular weight is 315 g/mol. The van der Waals surface area contributed by atoms with Crippen LogP contribution in [0, 0.1) is 0 Å². The number of hydrogen-bond acceptors (Lipinski definition) is 1. The van der Waals surface area contributed by atoms with E-state index < -0.39 is 0 Å². The van der Waals surface area contributed by atoms with Gasteiger partial charge in [-0.2, -0.15) is 4.57 Å². The fourth-order valence-corrected chi connectivity index (χ4v) is 4.10. The molecule has 2 aromatic carbocycles. The first kappa shape index (κ1) is 15.1. The average Bonchev–Trinajstić information content (AvgIpc) is 2.67. The first-order valence-corrected chi connectivity index (χ1v) is 8.83. The van der Waals surface area contributed by atoms with Gasteiger partial charge in [-0.05, 0) is 24.5 Å². The second-order valence-corrected chi connectivity index (χ2v) is 6.65. The van der Waals surface area contributed by atoms with Gasteiger partial charge in [0.25, 0.3) is 0 Å². The van der Waals surface area contributed by atoms with Crippen LogP contribution in [0.1, 0.15) is 32.3 Å². The van der Waals surface area contributed by atoms with Crippen molar-refractivity contribution in [2.75, 3.05) is 0 Å². The highest BCUT2D eigenvalue weighted by atomic mass is 15.0. The molecule has 2 heteroatoms. The van der Waals surface area contributed by atoms with Crippen LogP contribution in [0.4, 0.5) is 0 Å². The fraction of sp³-hybridized carbons (Fsp3) is 0.273. The van der Waals surface area contributed by atoms with E-state index in [1.54, 1.807) is 0 Å². The zero-order chi connectivity index (χ0) is 16.6. The third-order valence-corrected chi connectivity index (χ3v) is 5.59. The lowest BCUT2D eigenvalue weighted by Gasteiger charge is -2.35. The maximum absolute atomic E-state index is 4.74. The molecule has 0 unspecified atom stereocenters. The summed E-state index contributed by atoms with van der Waals surface area (Å²) in [6.45, 7) is 5.64. The minimum atomic E-state index is 0.212. The highest BCUT2D eigenvalue weighted by molar-refractivity contribution is 5.78. The molecule has 0 aliphatic carbocycles. The number of fused-ring (bicyclic) bond motifs is 3. The molecule has 0 amide bonds. The molecule has 2 heterocycles. The van der Waals surface area contributed by atoms with Crippen molar-refractivity contribution in [3.63, 3.8) is 0 Å². The van der Waals surface area contributed by atoms with Crippen molar-refractivity contribution in [3.05, 3.63) is 72.6 Å². The summed E-state index contributed by atoms with van der Waals surface area (Å²) in [6, 6.07) is 19.4. The summed E-state index contributed by atoms with van der Waals surface area (Å²) in [5.74, 6) is 0. The van der Waals surface area contributed by atoms with Gasteiger partial charge in [-0.3, -0.25) is 0 Å². The van der Waals surface area contributed by atoms with Gasteiger partial charge >= 0.3 is 0 Å². The molecule has 0 N–H and O–H groups in total. The van der Waals surface area contributed by atoms with Gasteiger partial charge in [-0.1, -0.05) is 62.4 Å². The van der Waals surface area contributed by atoms with Crippen LogP contribution in [0.3, 0.4) is 0 Å². The Bertz CT molecular complexity index is 864. The van der Waals surface area contributed by atoms with E-state index in [1.807, 2.05) is 6.20 Å². The van der Waals surface area contributed by atoms with Crippen molar-refractivity contribution < 1.29 is 4.57 Å². The predicted molar refractivity (Wildman–Crippen MR) is 97.6 cm³/mol. The maximum Gasteiger partial charge on any atom is 0.239 e. The van der Waals surface area contributed by atoms with E-state index in [4.69, 9.17) is 4.98 Å². The van der Waals surface area contributed by atoms with Gasteiger partial charge in [0, 0.05) is 5.56 Å². The smallest absolute Gasteiger partial charge is 0.239 e. The molecule has 1 aliphatic rings. The van der Waals surface area contributed by atoms with Gasteiger partial charge in [0.1, 0.15) is 5.69 Å². The quantitative estimate of drug-likeness (QED) is 0.636. The van der Waals surface area contributed by atoms with Crippen LogP contribution in [0.25, 0.3) is 22.5 Å². The second-order valence-electron chi connectivity index (χ2n) is 6.65. The molecular weight excluding hydrogens is 292 g/mol. The maximum atomic E-state index is 4.74. The molecule has 0 saturated heterocycles. The van der Waals surface area contributed by atoms with Gasteiger partial charge in [0.15, 0.2) is 12.7 Å². The van der Waals surface area contributed by atoms with Gasteiger partial charge in [0.05, 0.1) is 17.2 Å². The van der Waals surface area contributed by atoms with Crippen molar-refractivity contribution in [2.45, 2.75) is 38.6 Å². The Morgan fingerprint density at radius 3 is 2.42 bits per heavy atom. The molecule has 1 aromatic heterocycles. The van der Waals surface area contributed by atoms with Crippen LogP contribution in [0.5, 0.6) is 0 Å². The van der Waals surface area contributed by atoms with Crippen LogP contribution in [0.15, 0.2) is 67.0 Å². The summed E-state index contributed by atoms with van der Waals surface area (Å²) in [5, 5.41) is 0. The minimum Gasteiger partial charge on any atom is -0.243 e. The van der Waals surface area contributed by atoms with Crippen molar-refractivity contribution in [2.24, 2.45) is 0 Å². The molecule has 4 rings (SSSR count). The van der Waals surface area contributed by atoms with E-state index in [1.165, 1.54) is 22.4 Å². The number of hydrogen-bond donors (Lipinski definition) is 0. The van der Waals surface area contributed by atoms with Crippen molar-refractivity contribution in [1.29, 1.82) is 0 Å². The lowest BCUT2D eigenvalue weighted by atomic mass is 9.71. The number of aromatic nitrogens is 2. The van der Waals surface area contributed by atoms with Gasteiger partial charge < -0.3 is 0 Å². The molecule has 120 valence electrons.